The largest absolute Gasteiger partial charge is 0.379 e. The zero-order chi connectivity index (χ0) is 18.8. The summed E-state index contributed by atoms with van der Waals surface area (Å²) in [6.07, 6.45) is 3.48. The number of ketones is 1. The van der Waals surface area contributed by atoms with Gasteiger partial charge >= 0.3 is 0 Å². The Labute approximate surface area is 159 Å². The van der Waals surface area contributed by atoms with Crippen LogP contribution >= 0.6 is 0 Å². The van der Waals surface area contributed by atoms with Crippen molar-refractivity contribution in [2.45, 2.75) is 51.6 Å². The van der Waals surface area contributed by atoms with Crippen LogP contribution in [0, 0.1) is 6.92 Å². The number of hydrogen-bond donors (Lipinski definition) is 1. The molecule has 2 aromatic rings. The van der Waals surface area contributed by atoms with Crippen LogP contribution in [0.2, 0.25) is 0 Å². The Morgan fingerprint density at radius 2 is 2.07 bits per heavy atom. The van der Waals surface area contributed by atoms with Gasteiger partial charge < -0.3 is 14.6 Å². The Kier molecular flexibility index (Phi) is 5.12. The predicted molar refractivity (Wildman–Crippen MR) is 103 cm³/mol. The monoisotopic (exact) mass is 366 g/mol. The highest BCUT2D eigenvalue weighted by Crippen LogP contribution is 2.31. The second-order valence-electron chi connectivity index (χ2n) is 7.54. The number of carbonyl (C=O) groups excluding carboxylic acids is 2. The van der Waals surface area contributed by atoms with Gasteiger partial charge in [0.05, 0.1) is 19.1 Å². The average molecular weight is 366 g/mol. The quantitative estimate of drug-likeness (QED) is 0.885. The van der Waals surface area contributed by atoms with Crippen molar-refractivity contribution in [3.8, 4) is 0 Å². The molecule has 1 atom stereocenters. The minimum atomic E-state index is -0.0216. The molecule has 1 fully saturated rings. The van der Waals surface area contributed by atoms with Crippen LogP contribution < -0.4 is 5.32 Å². The molecule has 1 aliphatic heterocycles. The molecule has 0 saturated carbocycles. The third-order valence-corrected chi connectivity index (χ3v) is 5.67. The summed E-state index contributed by atoms with van der Waals surface area (Å²) < 4.78 is 7.58. The van der Waals surface area contributed by atoms with Gasteiger partial charge in [-0.1, -0.05) is 30.3 Å². The lowest BCUT2D eigenvalue weighted by Crippen LogP contribution is -2.36. The van der Waals surface area contributed by atoms with Gasteiger partial charge in [0, 0.05) is 36.5 Å². The number of benzene rings is 1. The maximum absolute atomic E-state index is 12.7. The molecule has 142 valence electrons. The highest BCUT2D eigenvalue weighted by Gasteiger charge is 2.29. The molecule has 5 heteroatoms. The van der Waals surface area contributed by atoms with Crippen LogP contribution in [0.3, 0.4) is 0 Å². The van der Waals surface area contributed by atoms with Crippen molar-refractivity contribution in [1.29, 1.82) is 0 Å². The molecule has 1 saturated heterocycles. The van der Waals surface area contributed by atoms with Crippen molar-refractivity contribution in [1.82, 2.24) is 9.88 Å². The van der Waals surface area contributed by atoms with Gasteiger partial charge in [0.15, 0.2) is 5.78 Å². The summed E-state index contributed by atoms with van der Waals surface area (Å²) >= 11 is 0. The number of hydrogen-bond acceptors (Lipinski definition) is 3. The second kappa shape index (κ2) is 7.69. The highest BCUT2D eigenvalue weighted by molar-refractivity contribution is 6.01. The zero-order valence-electron chi connectivity index (χ0n) is 15.8. The number of rotatable bonds is 5. The average Bonchev–Trinajstić information content (AvgIpc) is 3.26. The fraction of sp³-hybridized carbons (Fsp3) is 0.455. The Balaban J connectivity index is 1.64. The van der Waals surface area contributed by atoms with Crippen LogP contribution in [0.4, 0.5) is 0 Å². The molecule has 1 aromatic heterocycles. The molecule has 0 bridgehead atoms. The van der Waals surface area contributed by atoms with E-state index < -0.39 is 0 Å². The van der Waals surface area contributed by atoms with E-state index in [0.29, 0.717) is 19.6 Å². The summed E-state index contributed by atoms with van der Waals surface area (Å²) in [6.45, 7) is 4.05. The maximum atomic E-state index is 12.7. The van der Waals surface area contributed by atoms with Crippen molar-refractivity contribution in [2.75, 3.05) is 13.2 Å². The van der Waals surface area contributed by atoms with Gasteiger partial charge in [0.1, 0.15) is 0 Å². The lowest BCUT2D eigenvalue weighted by Gasteiger charge is -2.16. The molecule has 2 aliphatic rings. The molecule has 0 spiro atoms. The number of ether oxygens (including phenoxy) is 1. The van der Waals surface area contributed by atoms with E-state index in [1.165, 1.54) is 5.56 Å². The summed E-state index contributed by atoms with van der Waals surface area (Å²) in [4.78, 5) is 25.3. The molecule has 2 heterocycles. The van der Waals surface area contributed by atoms with Crippen molar-refractivity contribution in [3.05, 3.63) is 58.4 Å². The number of carbonyl (C=O) groups is 2. The fourth-order valence-corrected chi connectivity index (χ4v) is 4.27. The van der Waals surface area contributed by atoms with Gasteiger partial charge in [-0.2, -0.15) is 0 Å². The van der Waals surface area contributed by atoms with Crippen LogP contribution in [0.1, 0.15) is 52.1 Å². The van der Waals surface area contributed by atoms with E-state index in [4.69, 9.17) is 4.74 Å². The van der Waals surface area contributed by atoms with Crippen LogP contribution in [0.15, 0.2) is 30.3 Å². The smallest absolute Gasteiger partial charge is 0.224 e. The van der Waals surface area contributed by atoms with Gasteiger partial charge in [0.2, 0.25) is 5.91 Å². The number of amides is 1. The third kappa shape index (κ3) is 3.69. The van der Waals surface area contributed by atoms with E-state index in [1.54, 1.807) is 0 Å². The Morgan fingerprint density at radius 1 is 1.26 bits per heavy atom. The Bertz CT molecular complexity index is 848. The maximum Gasteiger partial charge on any atom is 0.224 e. The normalized spacial score (nSPS) is 19.1. The number of nitrogens with one attached hydrogen (secondary N) is 1. The van der Waals surface area contributed by atoms with E-state index in [9.17, 15) is 9.59 Å². The van der Waals surface area contributed by atoms with Crippen LogP contribution in [-0.2, 0) is 28.9 Å². The molecule has 1 amide bonds. The summed E-state index contributed by atoms with van der Waals surface area (Å²) in [5.41, 5.74) is 5.04. The molecule has 0 unspecified atom stereocenters. The summed E-state index contributed by atoms with van der Waals surface area (Å²) in [5, 5.41) is 3.05. The third-order valence-electron chi connectivity index (χ3n) is 5.67. The predicted octanol–water partition coefficient (Wildman–Crippen LogP) is 2.81. The van der Waals surface area contributed by atoms with Crippen LogP contribution in [-0.4, -0.2) is 35.5 Å². The number of Topliss-reactive ketones (excluding diaryl/α,β-unsaturated/α-hetero) is 1. The van der Waals surface area contributed by atoms with E-state index in [2.05, 4.69) is 22.0 Å². The van der Waals surface area contributed by atoms with Gasteiger partial charge in [-0.25, -0.2) is 0 Å². The first-order chi connectivity index (χ1) is 13.1. The van der Waals surface area contributed by atoms with Gasteiger partial charge in [0.25, 0.3) is 0 Å². The zero-order valence-corrected chi connectivity index (χ0v) is 15.8. The summed E-state index contributed by atoms with van der Waals surface area (Å²) in [5.74, 6) is 0.157. The van der Waals surface area contributed by atoms with Gasteiger partial charge in [-0.05, 0) is 37.3 Å². The second-order valence-corrected chi connectivity index (χ2v) is 7.54. The molecule has 5 nitrogen and oxygen atoms in total. The minimum absolute atomic E-state index is 0.0216. The topological polar surface area (TPSA) is 60.3 Å². The standard InChI is InChI=1S/C22H26N2O3/c1-15-18(12-21(26)23-17-10-11-27-14-17)22-19(8-5-9-20(22)25)24(15)13-16-6-3-2-4-7-16/h2-4,6-7,17H,5,8-14H2,1H3,(H,23,26)/t17-/m0/s1. The van der Waals surface area contributed by atoms with Crippen molar-refractivity contribution >= 4 is 11.7 Å². The van der Waals surface area contributed by atoms with Gasteiger partial charge in [-0.3, -0.25) is 9.59 Å². The molecule has 27 heavy (non-hydrogen) atoms. The van der Waals surface area contributed by atoms with Crippen LogP contribution in [0.25, 0.3) is 0 Å². The molecule has 4 rings (SSSR count). The van der Waals surface area contributed by atoms with Crippen molar-refractivity contribution in [3.63, 3.8) is 0 Å². The molecule has 0 radical (unpaired) electrons. The summed E-state index contributed by atoms with van der Waals surface area (Å²) in [6, 6.07) is 10.4. The lowest BCUT2D eigenvalue weighted by molar-refractivity contribution is -0.121. The highest BCUT2D eigenvalue weighted by atomic mass is 16.5. The number of fused-ring (bicyclic) bond motifs is 1. The molecule has 1 N–H and O–H groups in total. The van der Waals surface area contributed by atoms with Gasteiger partial charge in [-0.15, -0.1) is 0 Å². The van der Waals surface area contributed by atoms with Crippen molar-refractivity contribution in [2.24, 2.45) is 0 Å². The summed E-state index contributed by atoms with van der Waals surface area (Å²) in [7, 11) is 0. The number of nitrogens with zero attached hydrogens (tertiary/aromatic N) is 1. The van der Waals surface area contributed by atoms with Crippen LogP contribution in [0.5, 0.6) is 0 Å². The molecular weight excluding hydrogens is 340 g/mol. The van der Waals surface area contributed by atoms with E-state index in [0.717, 1.165) is 48.3 Å². The van der Waals surface area contributed by atoms with E-state index in [1.807, 2.05) is 25.1 Å². The first kappa shape index (κ1) is 18.0. The van der Waals surface area contributed by atoms with Crippen molar-refractivity contribution < 1.29 is 14.3 Å². The lowest BCUT2D eigenvalue weighted by atomic mass is 9.92. The van der Waals surface area contributed by atoms with E-state index in [-0.39, 0.29) is 24.2 Å². The minimum Gasteiger partial charge on any atom is -0.379 e. The number of aromatic nitrogens is 1. The molecule has 1 aliphatic carbocycles. The molecule has 1 aromatic carbocycles. The Morgan fingerprint density at radius 3 is 2.81 bits per heavy atom. The van der Waals surface area contributed by atoms with E-state index >= 15 is 0 Å². The fourth-order valence-electron chi connectivity index (χ4n) is 4.27. The Hall–Kier alpha value is -2.40. The first-order valence-electron chi connectivity index (χ1n) is 9.78. The molecular formula is C22H26N2O3. The SMILES string of the molecule is Cc1c(CC(=O)N[C@H]2CCOC2)c2c(n1Cc1ccccc1)CCCC2=O. The first-order valence-corrected chi connectivity index (χ1v) is 9.78.